The minimum Gasteiger partial charge on any atom is -0.350 e. The molecular formula is C19H26N2O. The second-order valence-electron chi connectivity index (χ2n) is 7.53. The van der Waals surface area contributed by atoms with E-state index in [1.165, 1.54) is 16.5 Å². The molecule has 22 heavy (non-hydrogen) atoms. The Hall–Kier alpha value is -1.77. The van der Waals surface area contributed by atoms with Gasteiger partial charge in [0.1, 0.15) is 0 Å². The van der Waals surface area contributed by atoms with Crippen molar-refractivity contribution in [2.24, 2.45) is 12.5 Å². The van der Waals surface area contributed by atoms with Gasteiger partial charge in [-0.25, -0.2) is 0 Å². The second kappa shape index (κ2) is 5.45. The van der Waals surface area contributed by atoms with E-state index < -0.39 is 0 Å². The molecule has 1 aliphatic heterocycles. The molecule has 1 fully saturated rings. The summed E-state index contributed by atoms with van der Waals surface area (Å²) in [5.41, 5.74) is 2.47. The Kier molecular flexibility index (Phi) is 3.75. The van der Waals surface area contributed by atoms with E-state index in [9.17, 15) is 4.79 Å². The Morgan fingerprint density at radius 2 is 1.77 bits per heavy atom. The SMILES string of the molecule is Cn1cc(C2CCN(C(=O)C(C)(C)C)CC2)c2ccccc21. The number of aryl methyl sites for hydroxylation is 1. The van der Waals surface area contributed by atoms with Crippen LogP contribution in [0.25, 0.3) is 10.9 Å². The van der Waals surface area contributed by atoms with Crippen molar-refractivity contribution in [3.63, 3.8) is 0 Å². The Morgan fingerprint density at radius 1 is 1.14 bits per heavy atom. The van der Waals surface area contributed by atoms with E-state index >= 15 is 0 Å². The summed E-state index contributed by atoms with van der Waals surface area (Å²) in [7, 11) is 2.12. The number of nitrogens with zero attached hydrogens (tertiary/aromatic N) is 2. The van der Waals surface area contributed by atoms with Crippen molar-refractivity contribution in [3.05, 3.63) is 36.0 Å². The predicted octanol–water partition coefficient (Wildman–Crippen LogP) is 3.93. The van der Waals surface area contributed by atoms with Crippen LogP contribution in [0.15, 0.2) is 30.5 Å². The zero-order valence-corrected chi connectivity index (χ0v) is 14.1. The van der Waals surface area contributed by atoms with Crippen LogP contribution >= 0.6 is 0 Å². The Balaban J connectivity index is 1.78. The monoisotopic (exact) mass is 298 g/mol. The first-order valence-electron chi connectivity index (χ1n) is 8.21. The zero-order valence-electron chi connectivity index (χ0n) is 14.1. The number of para-hydroxylation sites is 1. The fourth-order valence-corrected chi connectivity index (χ4v) is 3.57. The molecule has 1 aromatic heterocycles. The number of aromatic nitrogens is 1. The molecule has 2 heterocycles. The van der Waals surface area contributed by atoms with Gasteiger partial charge in [0.15, 0.2) is 0 Å². The molecule has 2 aromatic rings. The normalized spacial score (nSPS) is 17.2. The lowest BCUT2D eigenvalue weighted by Crippen LogP contribution is -2.43. The van der Waals surface area contributed by atoms with Gasteiger partial charge in [-0.1, -0.05) is 39.0 Å². The van der Waals surface area contributed by atoms with Gasteiger partial charge in [-0.2, -0.15) is 0 Å². The summed E-state index contributed by atoms with van der Waals surface area (Å²) in [6.07, 6.45) is 4.40. The maximum atomic E-state index is 12.4. The molecule has 1 aromatic carbocycles. The average Bonchev–Trinajstić information content (AvgIpc) is 2.83. The van der Waals surface area contributed by atoms with Crippen LogP contribution in [0, 0.1) is 5.41 Å². The van der Waals surface area contributed by atoms with Crippen LogP contribution in [0.5, 0.6) is 0 Å². The predicted molar refractivity (Wildman–Crippen MR) is 90.9 cm³/mol. The number of benzene rings is 1. The molecule has 3 rings (SSSR count). The second-order valence-corrected chi connectivity index (χ2v) is 7.53. The lowest BCUT2D eigenvalue weighted by molar-refractivity contribution is -0.140. The number of hydrogen-bond donors (Lipinski definition) is 0. The van der Waals surface area contributed by atoms with Gasteiger partial charge in [-0.05, 0) is 30.4 Å². The van der Waals surface area contributed by atoms with Crippen LogP contribution in [0.2, 0.25) is 0 Å². The lowest BCUT2D eigenvalue weighted by atomic mass is 9.87. The standard InChI is InChI=1S/C19H26N2O/c1-19(2,3)18(22)21-11-9-14(10-12-21)16-13-20(4)17-8-6-5-7-15(16)17/h5-8,13-14H,9-12H2,1-4H3. The number of likely N-dealkylation sites (tertiary alicyclic amines) is 1. The van der Waals surface area contributed by atoms with Gasteiger partial charge in [-0.3, -0.25) is 4.79 Å². The van der Waals surface area contributed by atoms with Gasteiger partial charge in [0, 0.05) is 42.7 Å². The number of carbonyl (C=O) groups excluding carboxylic acids is 1. The van der Waals surface area contributed by atoms with Gasteiger partial charge in [-0.15, -0.1) is 0 Å². The molecule has 1 amide bonds. The Bertz CT molecular complexity index is 685. The minimum atomic E-state index is -0.272. The summed E-state index contributed by atoms with van der Waals surface area (Å²) < 4.78 is 2.22. The first-order chi connectivity index (χ1) is 10.4. The largest absolute Gasteiger partial charge is 0.350 e. The van der Waals surface area contributed by atoms with Crippen LogP contribution in [-0.4, -0.2) is 28.5 Å². The molecule has 118 valence electrons. The molecule has 0 bridgehead atoms. The smallest absolute Gasteiger partial charge is 0.227 e. The van der Waals surface area contributed by atoms with Crippen molar-refractivity contribution < 1.29 is 4.79 Å². The van der Waals surface area contributed by atoms with Gasteiger partial charge >= 0.3 is 0 Å². The van der Waals surface area contributed by atoms with Crippen molar-refractivity contribution in [2.45, 2.75) is 39.5 Å². The van der Waals surface area contributed by atoms with E-state index in [1.807, 2.05) is 25.7 Å². The van der Waals surface area contributed by atoms with E-state index in [0.717, 1.165) is 25.9 Å². The quantitative estimate of drug-likeness (QED) is 0.783. The van der Waals surface area contributed by atoms with Crippen molar-refractivity contribution in [3.8, 4) is 0 Å². The highest BCUT2D eigenvalue weighted by Gasteiger charge is 2.31. The van der Waals surface area contributed by atoms with Crippen LogP contribution in [0.1, 0.15) is 45.1 Å². The third-order valence-electron chi connectivity index (χ3n) is 4.79. The molecule has 0 atom stereocenters. The van der Waals surface area contributed by atoms with E-state index in [2.05, 4.69) is 42.1 Å². The van der Waals surface area contributed by atoms with Gasteiger partial charge in [0.2, 0.25) is 5.91 Å². The van der Waals surface area contributed by atoms with Crippen LogP contribution in [0.3, 0.4) is 0 Å². The fourth-order valence-electron chi connectivity index (χ4n) is 3.57. The molecule has 1 saturated heterocycles. The van der Waals surface area contributed by atoms with Gasteiger partial charge in [0.05, 0.1) is 0 Å². The minimum absolute atomic E-state index is 0.272. The molecular weight excluding hydrogens is 272 g/mol. The maximum absolute atomic E-state index is 12.4. The lowest BCUT2D eigenvalue weighted by Gasteiger charge is -2.35. The third kappa shape index (κ3) is 2.65. The van der Waals surface area contributed by atoms with E-state index in [0.29, 0.717) is 5.92 Å². The van der Waals surface area contributed by atoms with Crippen LogP contribution in [0.4, 0.5) is 0 Å². The Morgan fingerprint density at radius 3 is 2.41 bits per heavy atom. The Labute approximate surface area is 132 Å². The van der Waals surface area contributed by atoms with Crippen molar-refractivity contribution in [2.75, 3.05) is 13.1 Å². The van der Waals surface area contributed by atoms with Gasteiger partial charge in [0.25, 0.3) is 0 Å². The average molecular weight is 298 g/mol. The van der Waals surface area contributed by atoms with Gasteiger partial charge < -0.3 is 9.47 Å². The molecule has 0 spiro atoms. The van der Waals surface area contributed by atoms with Crippen LogP contribution < -0.4 is 0 Å². The molecule has 1 aliphatic rings. The summed E-state index contributed by atoms with van der Waals surface area (Å²) in [5, 5.41) is 1.37. The van der Waals surface area contributed by atoms with Crippen molar-refractivity contribution >= 4 is 16.8 Å². The summed E-state index contributed by atoms with van der Waals surface area (Å²) in [4.78, 5) is 14.4. The third-order valence-corrected chi connectivity index (χ3v) is 4.79. The van der Waals surface area contributed by atoms with Crippen molar-refractivity contribution in [1.82, 2.24) is 9.47 Å². The summed E-state index contributed by atoms with van der Waals surface area (Å²) in [6.45, 7) is 7.78. The maximum Gasteiger partial charge on any atom is 0.227 e. The van der Waals surface area contributed by atoms with Crippen molar-refractivity contribution in [1.29, 1.82) is 0 Å². The first-order valence-corrected chi connectivity index (χ1v) is 8.21. The van der Waals surface area contributed by atoms with E-state index in [-0.39, 0.29) is 11.3 Å². The molecule has 3 nitrogen and oxygen atoms in total. The molecule has 3 heteroatoms. The highest BCUT2D eigenvalue weighted by Crippen LogP contribution is 2.35. The number of rotatable bonds is 1. The number of piperidine rings is 1. The summed E-state index contributed by atoms with van der Waals surface area (Å²) in [6, 6.07) is 8.61. The number of amides is 1. The number of fused-ring (bicyclic) bond motifs is 1. The van der Waals surface area contributed by atoms with E-state index in [1.54, 1.807) is 0 Å². The highest BCUT2D eigenvalue weighted by atomic mass is 16.2. The van der Waals surface area contributed by atoms with E-state index in [4.69, 9.17) is 0 Å². The topological polar surface area (TPSA) is 25.2 Å². The first kappa shape index (κ1) is 15.1. The van der Waals surface area contributed by atoms with Crippen LogP contribution in [-0.2, 0) is 11.8 Å². The molecule has 0 N–H and O–H groups in total. The molecule has 0 saturated carbocycles. The number of hydrogen-bond acceptors (Lipinski definition) is 1. The summed E-state index contributed by atoms with van der Waals surface area (Å²) >= 11 is 0. The number of carbonyl (C=O) groups is 1. The molecule has 0 unspecified atom stereocenters. The molecule has 0 aliphatic carbocycles. The zero-order chi connectivity index (χ0) is 15.9. The molecule has 0 radical (unpaired) electrons. The summed E-state index contributed by atoms with van der Waals surface area (Å²) in [5.74, 6) is 0.846. The fraction of sp³-hybridized carbons (Fsp3) is 0.526. The highest BCUT2D eigenvalue weighted by molar-refractivity contribution is 5.84.